The maximum atomic E-state index is 12.4. The summed E-state index contributed by atoms with van der Waals surface area (Å²) < 4.78 is 42.1. The van der Waals surface area contributed by atoms with Crippen molar-refractivity contribution in [3.63, 3.8) is 0 Å². The second-order valence-corrected chi connectivity index (χ2v) is 4.63. The molecule has 0 saturated heterocycles. The summed E-state index contributed by atoms with van der Waals surface area (Å²) in [6.45, 7) is 1.29. The molecule has 0 aliphatic rings. The van der Waals surface area contributed by atoms with Crippen LogP contribution < -0.4 is 5.32 Å². The van der Waals surface area contributed by atoms with Crippen LogP contribution in [0.15, 0.2) is 24.3 Å². The lowest BCUT2D eigenvalue weighted by atomic mass is 10.1. The van der Waals surface area contributed by atoms with Gasteiger partial charge in [-0.2, -0.15) is 13.2 Å². The molecular formula is C14H19F3N2O2. The van der Waals surface area contributed by atoms with Crippen LogP contribution in [0.4, 0.5) is 18.0 Å². The van der Waals surface area contributed by atoms with Crippen molar-refractivity contribution < 1.29 is 22.7 Å². The number of methoxy groups -OCH3 is 1. The van der Waals surface area contributed by atoms with E-state index in [-0.39, 0.29) is 12.6 Å². The van der Waals surface area contributed by atoms with Crippen molar-refractivity contribution in [1.29, 1.82) is 0 Å². The van der Waals surface area contributed by atoms with Crippen LogP contribution >= 0.6 is 0 Å². The molecule has 0 radical (unpaired) electrons. The summed E-state index contributed by atoms with van der Waals surface area (Å²) in [4.78, 5) is 13.1. The van der Waals surface area contributed by atoms with E-state index in [1.165, 1.54) is 17.0 Å². The number of rotatable bonds is 6. The molecule has 0 bridgehead atoms. The summed E-state index contributed by atoms with van der Waals surface area (Å²) in [6.07, 6.45) is -3.64. The first-order valence-corrected chi connectivity index (χ1v) is 6.48. The lowest BCUT2D eigenvalue weighted by Crippen LogP contribution is -2.37. The number of amides is 2. The normalized spacial score (nSPS) is 11.3. The summed E-state index contributed by atoms with van der Waals surface area (Å²) in [7, 11) is 3.17. The third kappa shape index (κ3) is 6.03. The lowest BCUT2D eigenvalue weighted by Gasteiger charge is -2.18. The van der Waals surface area contributed by atoms with E-state index in [0.29, 0.717) is 25.1 Å². The molecule has 0 heterocycles. The number of nitrogens with one attached hydrogen (secondary N) is 1. The van der Waals surface area contributed by atoms with Gasteiger partial charge in [-0.05, 0) is 24.1 Å². The number of benzene rings is 1. The average Bonchev–Trinajstić information content (AvgIpc) is 2.43. The van der Waals surface area contributed by atoms with Crippen molar-refractivity contribution in [3.05, 3.63) is 35.4 Å². The van der Waals surface area contributed by atoms with E-state index >= 15 is 0 Å². The molecule has 21 heavy (non-hydrogen) atoms. The van der Waals surface area contributed by atoms with Crippen LogP contribution in [0, 0.1) is 0 Å². The fourth-order valence-electron chi connectivity index (χ4n) is 1.69. The van der Waals surface area contributed by atoms with E-state index in [9.17, 15) is 18.0 Å². The number of alkyl halides is 3. The molecule has 0 atom stereocenters. The van der Waals surface area contributed by atoms with E-state index in [2.05, 4.69) is 5.32 Å². The van der Waals surface area contributed by atoms with E-state index in [4.69, 9.17) is 4.74 Å². The standard InChI is InChI=1S/C14H19F3N2O2/c1-19(13(20)18-8-3-9-21-2)10-11-4-6-12(7-5-11)14(15,16)17/h4-7H,3,8-10H2,1-2H3,(H,18,20). The van der Waals surface area contributed by atoms with Crippen molar-refractivity contribution in [3.8, 4) is 0 Å². The second kappa shape index (κ2) is 7.87. The summed E-state index contributed by atoms with van der Waals surface area (Å²) in [5, 5.41) is 2.70. The Kier molecular flexibility index (Phi) is 6.48. The Morgan fingerprint density at radius 3 is 2.43 bits per heavy atom. The van der Waals surface area contributed by atoms with Crippen LogP contribution in [-0.4, -0.2) is 38.2 Å². The number of ether oxygens (including phenoxy) is 1. The first-order valence-electron chi connectivity index (χ1n) is 6.48. The third-order valence-electron chi connectivity index (χ3n) is 2.85. The average molecular weight is 304 g/mol. The van der Waals surface area contributed by atoms with Crippen LogP contribution in [0.3, 0.4) is 0 Å². The Hall–Kier alpha value is -1.76. The van der Waals surface area contributed by atoms with Gasteiger partial charge in [-0.15, -0.1) is 0 Å². The van der Waals surface area contributed by atoms with Crippen molar-refractivity contribution in [2.45, 2.75) is 19.1 Å². The van der Waals surface area contributed by atoms with Gasteiger partial charge in [0.15, 0.2) is 0 Å². The smallest absolute Gasteiger partial charge is 0.385 e. The fraction of sp³-hybridized carbons (Fsp3) is 0.500. The largest absolute Gasteiger partial charge is 0.416 e. The third-order valence-corrected chi connectivity index (χ3v) is 2.85. The van der Waals surface area contributed by atoms with Gasteiger partial charge in [0.25, 0.3) is 0 Å². The molecule has 0 aromatic heterocycles. The van der Waals surface area contributed by atoms with E-state index in [1.807, 2.05) is 0 Å². The van der Waals surface area contributed by atoms with Crippen LogP contribution in [0.25, 0.3) is 0 Å². The molecular weight excluding hydrogens is 285 g/mol. The van der Waals surface area contributed by atoms with Crippen molar-refractivity contribution >= 4 is 6.03 Å². The highest BCUT2D eigenvalue weighted by Gasteiger charge is 2.29. The maximum Gasteiger partial charge on any atom is 0.416 e. The van der Waals surface area contributed by atoms with E-state index < -0.39 is 11.7 Å². The quantitative estimate of drug-likeness (QED) is 0.821. The van der Waals surface area contributed by atoms with Gasteiger partial charge in [-0.1, -0.05) is 12.1 Å². The van der Waals surface area contributed by atoms with Gasteiger partial charge < -0.3 is 15.0 Å². The van der Waals surface area contributed by atoms with E-state index in [1.54, 1.807) is 14.2 Å². The zero-order valence-corrected chi connectivity index (χ0v) is 12.0. The molecule has 7 heteroatoms. The van der Waals surface area contributed by atoms with Gasteiger partial charge >= 0.3 is 12.2 Å². The monoisotopic (exact) mass is 304 g/mol. The summed E-state index contributed by atoms with van der Waals surface area (Å²) in [5.74, 6) is 0. The molecule has 2 amide bonds. The van der Waals surface area contributed by atoms with Crippen LogP contribution in [-0.2, 0) is 17.5 Å². The lowest BCUT2D eigenvalue weighted by molar-refractivity contribution is -0.137. The second-order valence-electron chi connectivity index (χ2n) is 4.63. The Bertz CT molecular complexity index is 447. The van der Waals surface area contributed by atoms with Crippen molar-refractivity contribution in [2.75, 3.05) is 27.3 Å². The van der Waals surface area contributed by atoms with Gasteiger partial charge in [0, 0.05) is 33.9 Å². The molecule has 0 saturated carbocycles. The molecule has 118 valence electrons. The molecule has 4 nitrogen and oxygen atoms in total. The summed E-state index contributed by atoms with van der Waals surface area (Å²) in [5.41, 5.74) is -0.0598. The molecule has 1 N–H and O–H groups in total. The summed E-state index contributed by atoms with van der Waals surface area (Å²) >= 11 is 0. The number of nitrogens with zero attached hydrogens (tertiary/aromatic N) is 1. The number of carbonyl (C=O) groups excluding carboxylic acids is 1. The zero-order chi connectivity index (χ0) is 15.9. The predicted octanol–water partition coefficient (Wildman–Crippen LogP) is 2.88. The molecule has 0 unspecified atom stereocenters. The number of carbonyl (C=O) groups is 1. The minimum absolute atomic E-state index is 0.244. The van der Waals surface area contributed by atoms with E-state index in [0.717, 1.165) is 12.1 Å². The van der Waals surface area contributed by atoms with Crippen molar-refractivity contribution in [2.24, 2.45) is 0 Å². The Balaban J connectivity index is 2.47. The van der Waals surface area contributed by atoms with Gasteiger partial charge in [-0.3, -0.25) is 0 Å². The Morgan fingerprint density at radius 2 is 1.90 bits per heavy atom. The zero-order valence-electron chi connectivity index (χ0n) is 12.0. The van der Waals surface area contributed by atoms with Gasteiger partial charge in [0.1, 0.15) is 0 Å². The summed E-state index contributed by atoms with van der Waals surface area (Å²) in [6, 6.07) is 4.50. The number of hydrogen-bond donors (Lipinski definition) is 1. The topological polar surface area (TPSA) is 41.6 Å². The fourth-order valence-corrected chi connectivity index (χ4v) is 1.69. The van der Waals surface area contributed by atoms with Gasteiger partial charge in [0.05, 0.1) is 5.56 Å². The molecule has 1 rings (SSSR count). The molecule has 0 aliphatic heterocycles. The number of urea groups is 1. The molecule has 0 fully saturated rings. The SMILES string of the molecule is COCCCNC(=O)N(C)Cc1ccc(C(F)(F)F)cc1. The minimum atomic E-state index is -4.34. The highest BCUT2D eigenvalue weighted by atomic mass is 19.4. The maximum absolute atomic E-state index is 12.4. The molecule has 1 aromatic carbocycles. The van der Waals surface area contributed by atoms with Crippen LogP contribution in [0.5, 0.6) is 0 Å². The molecule has 0 aliphatic carbocycles. The van der Waals surface area contributed by atoms with Crippen LogP contribution in [0.2, 0.25) is 0 Å². The molecule has 0 spiro atoms. The molecule has 1 aromatic rings. The minimum Gasteiger partial charge on any atom is -0.385 e. The first-order chi connectivity index (χ1) is 9.84. The highest BCUT2D eigenvalue weighted by Crippen LogP contribution is 2.29. The van der Waals surface area contributed by atoms with Gasteiger partial charge in [-0.25, -0.2) is 4.79 Å². The number of hydrogen-bond acceptors (Lipinski definition) is 2. The Labute approximate surface area is 121 Å². The number of halogens is 3. The van der Waals surface area contributed by atoms with Gasteiger partial charge in [0.2, 0.25) is 0 Å². The predicted molar refractivity (Wildman–Crippen MR) is 72.8 cm³/mol. The van der Waals surface area contributed by atoms with Crippen molar-refractivity contribution in [1.82, 2.24) is 10.2 Å². The Morgan fingerprint density at radius 1 is 1.29 bits per heavy atom. The highest BCUT2D eigenvalue weighted by molar-refractivity contribution is 5.73. The first kappa shape index (κ1) is 17.3. The van der Waals surface area contributed by atoms with Crippen LogP contribution in [0.1, 0.15) is 17.5 Å².